The predicted molar refractivity (Wildman–Crippen MR) is 97.5 cm³/mol. The van der Waals surface area contributed by atoms with Crippen molar-refractivity contribution >= 4 is 17.3 Å². The standard InChI is InChI=1S/C16H21N3O2S.C2HF3O2/c1-10-3-4-14(22-10)8-19-7-12-5-13(20-15(12)9-19)6-16-17-11(2)18-21-16;3-2(4,5)1(6)7/h3-4,12-13,15H,5-9H2,1-2H3;(H,6,7)/t12-,13-,15+;/m0./s1. The quantitative estimate of drug-likeness (QED) is 0.792. The fraction of sp³-hybridized carbons (Fsp3) is 0.611. The second kappa shape index (κ2) is 8.80. The molecule has 2 aliphatic heterocycles. The van der Waals surface area contributed by atoms with Crippen molar-refractivity contribution in [1.29, 1.82) is 0 Å². The van der Waals surface area contributed by atoms with Gasteiger partial charge in [0.15, 0.2) is 5.82 Å². The van der Waals surface area contributed by atoms with Gasteiger partial charge in [0.2, 0.25) is 5.89 Å². The molecule has 0 unspecified atom stereocenters. The number of fused-ring (bicyclic) bond motifs is 1. The van der Waals surface area contributed by atoms with Gasteiger partial charge in [0.1, 0.15) is 0 Å². The van der Waals surface area contributed by atoms with Gasteiger partial charge >= 0.3 is 12.1 Å². The van der Waals surface area contributed by atoms with Gasteiger partial charge in [-0.1, -0.05) is 5.16 Å². The Balaban J connectivity index is 0.000000298. The molecule has 4 heterocycles. The molecule has 29 heavy (non-hydrogen) atoms. The number of halogens is 3. The van der Waals surface area contributed by atoms with Gasteiger partial charge in [-0.3, -0.25) is 4.90 Å². The van der Waals surface area contributed by atoms with Crippen LogP contribution in [0.5, 0.6) is 0 Å². The topological polar surface area (TPSA) is 88.7 Å². The number of hydrogen-bond donors (Lipinski definition) is 1. The van der Waals surface area contributed by atoms with E-state index in [-0.39, 0.29) is 6.10 Å². The molecule has 0 saturated carbocycles. The number of carboxylic acids is 1. The zero-order valence-electron chi connectivity index (χ0n) is 16.0. The monoisotopic (exact) mass is 433 g/mol. The highest BCUT2D eigenvalue weighted by molar-refractivity contribution is 7.11. The van der Waals surface area contributed by atoms with E-state index in [4.69, 9.17) is 19.2 Å². The number of carboxylic acid groups (broad SMARTS) is 1. The zero-order valence-corrected chi connectivity index (χ0v) is 16.8. The molecule has 0 aliphatic carbocycles. The largest absolute Gasteiger partial charge is 0.490 e. The second-order valence-electron chi connectivity index (χ2n) is 7.24. The lowest BCUT2D eigenvalue weighted by Crippen LogP contribution is -2.25. The third-order valence-electron chi connectivity index (χ3n) is 4.78. The smallest absolute Gasteiger partial charge is 0.475 e. The molecular weight excluding hydrogens is 411 g/mol. The molecule has 1 N–H and O–H groups in total. The maximum atomic E-state index is 10.6. The van der Waals surface area contributed by atoms with Crippen molar-refractivity contribution in [2.75, 3.05) is 13.1 Å². The Morgan fingerprint density at radius 3 is 2.59 bits per heavy atom. The van der Waals surface area contributed by atoms with Crippen LogP contribution in [0.2, 0.25) is 0 Å². The molecule has 3 atom stereocenters. The van der Waals surface area contributed by atoms with Crippen molar-refractivity contribution in [2.45, 2.75) is 51.6 Å². The highest BCUT2D eigenvalue weighted by Crippen LogP contribution is 2.35. The summed E-state index contributed by atoms with van der Waals surface area (Å²) >= 11 is 1.90. The fourth-order valence-corrected chi connectivity index (χ4v) is 4.55. The maximum Gasteiger partial charge on any atom is 0.490 e. The summed E-state index contributed by atoms with van der Waals surface area (Å²) in [5.41, 5.74) is 0. The maximum absolute atomic E-state index is 10.6. The minimum Gasteiger partial charge on any atom is -0.475 e. The van der Waals surface area contributed by atoms with Crippen LogP contribution < -0.4 is 0 Å². The van der Waals surface area contributed by atoms with Gasteiger partial charge in [-0.25, -0.2) is 4.79 Å². The lowest BCUT2D eigenvalue weighted by molar-refractivity contribution is -0.192. The van der Waals surface area contributed by atoms with Gasteiger partial charge in [-0.2, -0.15) is 18.2 Å². The van der Waals surface area contributed by atoms with E-state index in [0.717, 1.165) is 32.5 Å². The van der Waals surface area contributed by atoms with Crippen molar-refractivity contribution in [3.05, 3.63) is 33.6 Å². The number of aromatic nitrogens is 2. The van der Waals surface area contributed by atoms with Gasteiger partial charge < -0.3 is 14.4 Å². The SMILES string of the molecule is Cc1noc(C[C@@H]2C[C@H]3CN(Cc4ccc(C)s4)C[C@H]3O2)n1.O=C(O)C(F)(F)F. The Morgan fingerprint density at radius 1 is 1.34 bits per heavy atom. The van der Waals surface area contributed by atoms with E-state index in [1.54, 1.807) is 0 Å². The average Bonchev–Trinajstić information content (AvgIpc) is 3.34. The number of ether oxygens (including phenoxy) is 1. The molecule has 11 heteroatoms. The van der Waals surface area contributed by atoms with Crippen molar-refractivity contribution in [3.63, 3.8) is 0 Å². The van der Waals surface area contributed by atoms with Crippen LogP contribution in [0.4, 0.5) is 13.2 Å². The number of hydrogen-bond acceptors (Lipinski definition) is 7. The summed E-state index contributed by atoms with van der Waals surface area (Å²) < 4.78 is 43.1. The molecular formula is C18H22F3N3O4S. The number of carbonyl (C=O) groups is 1. The Kier molecular flexibility index (Phi) is 6.59. The minimum absolute atomic E-state index is 0.237. The molecule has 2 aliphatic rings. The van der Waals surface area contributed by atoms with Crippen LogP contribution in [-0.2, 0) is 22.5 Å². The summed E-state index contributed by atoms with van der Waals surface area (Å²) in [5, 5.41) is 11.0. The second-order valence-corrected chi connectivity index (χ2v) is 8.61. The third kappa shape index (κ3) is 6.00. The number of rotatable bonds is 4. The number of likely N-dealkylation sites (tertiary alicyclic amines) is 1. The molecule has 2 aromatic heterocycles. The van der Waals surface area contributed by atoms with Crippen LogP contribution in [0.25, 0.3) is 0 Å². The first-order valence-electron chi connectivity index (χ1n) is 9.12. The predicted octanol–water partition coefficient (Wildman–Crippen LogP) is 3.21. The van der Waals surface area contributed by atoms with Gasteiger partial charge in [-0.05, 0) is 32.4 Å². The number of aliphatic carboxylic acids is 1. The van der Waals surface area contributed by atoms with Crippen LogP contribution in [0.3, 0.4) is 0 Å². The highest BCUT2D eigenvalue weighted by Gasteiger charge is 2.42. The molecule has 0 aromatic carbocycles. The van der Waals surface area contributed by atoms with Gasteiger partial charge in [0.25, 0.3) is 0 Å². The lowest BCUT2D eigenvalue weighted by atomic mass is 10.0. The molecule has 0 amide bonds. The van der Waals surface area contributed by atoms with Gasteiger partial charge in [-0.15, -0.1) is 11.3 Å². The number of alkyl halides is 3. The molecule has 4 rings (SSSR count). The Labute approximate surface area is 169 Å². The van der Waals surface area contributed by atoms with E-state index in [9.17, 15) is 13.2 Å². The Morgan fingerprint density at radius 2 is 2.07 bits per heavy atom. The van der Waals surface area contributed by atoms with E-state index in [1.165, 1.54) is 9.75 Å². The van der Waals surface area contributed by atoms with Crippen molar-refractivity contribution < 1.29 is 32.3 Å². The van der Waals surface area contributed by atoms with Gasteiger partial charge in [0, 0.05) is 35.3 Å². The lowest BCUT2D eigenvalue weighted by Gasteiger charge is -2.17. The Bertz CT molecular complexity index is 770. The van der Waals surface area contributed by atoms with E-state index in [0.29, 0.717) is 23.7 Å². The zero-order chi connectivity index (χ0) is 21.2. The summed E-state index contributed by atoms with van der Waals surface area (Å²) in [4.78, 5) is 18.5. The normalized spacial score (nSPS) is 24.2. The first-order chi connectivity index (χ1) is 13.6. The summed E-state index contributed by atoms with van der Waals surface area (Å²) in [6.07, 6.45) is -2.62. The first kappa shape index (κ1) is 21.7. The van der Waals surface area contributed by atoms with Crippen LogP contribution in [-0.4, -0.2) is 57.6 Å². The molecule has 0 spiro atoms. The summed E-state index contributed by atoms with van der Waals surface area (Å²) in [7, 11) is 0. The van der Waals surface area contributed by atoms with Crippen LogP contribution in [0, 0.1) is 19.8 Å². The summed E-state index contributed by atoms with van der Waals surface area (Å²) in [5.74, 6) is -0.707. The van der Waals surface area contributed by atoms with E-state index >= 15 is 0 Å². The van der Waals surface area contributed by atoms with E-state index in [1.807, 2.05) is 18.3 Å². The average molecular weight is 433 g/mol. The minimum atomic E-state index is -5.08. The van der Waals surface area contributed by atoms with Crippen molar-refractivity contribution in [3.8, 4) is 0 Å². The first-order valence-corrected chi connectivity index (χ1v) is 9.94. The van der Waals surface area contributed by atoms with Crippen LogP contribution in [0.1, 0.15) is 27.9 Å². The molecule has 7 nitrogen and oxygen atoms in total. The number of nitrogens with zero attached hydrogens (tertiary/aromatic N) is 3. The van der Waals surface area contributed by atoms with Crippen molar-refractivity contribution in [2.24, 2.45) is 5.92 Å². The molecule has 0 radical (unpaired) electrons. The van der Waals surface area contributed by atoms with E-state index in [2.05, 4.69) is 34.1 Å². The molecule has 160 valence electrons. The number of aryl methyl sites for hydroxylation is 2. The molecule has 0 bridgehead atoms. The summed E-state index contributed by atoms with van der Waals surface area (Å²) in [6, 6.07) is 4.45. The van der Waals surface area contributed by atoms with Gasteiger partial charge in [0.05, 0.1) is 18.6 Å². The molecule has 2 aromatic rings. The fourth-order valence-electron chi connectivity index (χ4n) is 3.62. The van der Waals surface area contributed by atoms with Crippen LogP contribution >= 0.6 is 11.3 Å². The third-order valence-corrected chi connectivity index (χ3v) is 5.76. The Hall–Kier alpha value is -1.98. The number of thiophene rings is 1. The van der Waals surface area contributed by atoms with E-state index < -0.39 is 12.1 Å². The summed E-state index contributed by atoms with van der Waals surface area (Å²) in [6.45, 7) is 7.26. The molecule has 2 fully saturated rings. The molecule has 2 saturated heterocycles. The highest BCUT2D eigenvalue weighted by atomic mass is 32.1. The van der Waals surface area contributed by atoms with Crippen LogP contribution in [0.15, 0.2) is 16.7 Å². The van der Waals surface area contributed by atoms with Crippen molar-refractivity contribution in [1.82, 2.24) is 15.0 Å².